The molecule has 14 heavy (non-hydrogen) atoms. The van der Waals surface area contributed by atoms with Crippen LogP contribution in [0.1, 0.15) is 11.1 Å². The molecule has 0 aliphatic carbocycles. The number of ether oxygens (including phenoxy) is 1. The van der Waals surface area contributed by atoms with Crippen LogP contribution in [0.15, 0.2) is 24.3 Å². The second kappa shape index (κ2) is 5.05. The molecule has 1 aromatic carbocycles. The Balaban J connectivity index is 2.75. The van der Waals surface area contributed by atoms with E-state index in [-0.39, 0.29) is 12.4 Å². The van der Waals surface area contributed by atoms with Crippen molar-refractivity contribution < 1.29 is 4.74 Å². The van der Waals surface area contributed by atoms with E-state index >= 15 is 0 Å². The van der Waals surface area contributed by atoms with E-state index in [1.807, 2.05) is 18.2 Å². The van der Waals surface area contributed by atoms with E-state index in [9.17, 15) is 0 Å². The van der Waals surface area contributed by atoms with Gasteiger partial charge in [0.05, 0.1) is 6.61 Å². The molecule has 3 N–H and O–H groups in total. The molecule has 72 valence electrons. The smallest absolute Gasteiger partial charge is 0.123 e. The number of rotatable bonds is 4. The lowest BCUT2D eigenvalue weighted by Gasteiger charge is -2.06. The van der Waals surface area contributed by atoms with Gasteiger partial charge in [0.1, 0.15) is 12.4 Å². The fourth-order valence-electron chi connectivity index (χ4n) is 1.13. The van der Waals surface area contributed by atoms with Crippen molar-refractivity contribution in [3.63, 3.8) is 0 Å². The number of terminal acetylenes is 1. The third kappa shape index (κ3) is 2.61. The van der Waals surface area contributed by atoms with Gasteiger partial charge in [0.15, 0.2) is 0 Å². The maximum absolute atomic E-state index is 7.34. The summed E-state index contributed by atoms with van der Waals surface area (Å²) in [7, 11) is 0. The molecule has 3 nitrogen and oxygen atoms in total. The van der Waals surface area contributed by atoms with Crippen molar-refractivity contribution in [2.45, 2.75) is 6.61 Å². The van der Waals surface area contributed by atoms with E-state index in [0.29, 0.717) is 12.2 Å². The molecule has 3 heteroatoms. The summed E-state index contributed by atoms with van der Waals surface area (Å²) in [5, 5.41) is 7.34. The largest absolute Gasteiger partial charge is 0.384 e. The van der Waals surface area contributed by atoms with Crippen molar-refractivity contribution in [2.24, 2.45) is 5.73 Å². The molecule has 0 aromatic heterocycles. The average molecular weight is 188 g/mol. The molecule has 0 saturated heterocycles. The first kappa shape index (κ1) is 10.3. The molecule has 0 saturated carbocycles. The second-order valence-corrected chi connectivity index (χ2v) is 2.77. The number of benzene rings is 1. The topological polar surface area (TPSA) is 59.1 Å². The highest BCUT2D eigenvalue weighted by atomic mass is 16.5. The molecule has 0 unspecified atom stereocenters. The van der Waals surface area contributed by atoms with Crippen LogP contribution in [-0.4, -0.2) is 12.4 Å². The molecule has 0 atom stereocenters. The van der Waals surface area contributed by atoms with Gasteiger partial charge in [0, 0.05) is 5.56 Å². The summed E-state index contributed by atoms with van der Waals surface area (Å²) < 4.78 is 5.17. The maximum Gasteiger partial charge on any atom is 0.123 e. The van der Waals surface area contributed by atoms with E-state index in [4.69, 9.17) is 22.3 Å². The summed E-state index contributed by atoms with van der Waals surface area (Å²) in [6.45, 7) is 0.659. The van der Waals surface area contributed by atoms with Crippen molar-refractivity contribution in [3.05, 3.63) is 35.4 Å². The molecular weight excluding hydrogens is 176 g/mol. The Kier molecular flexibility index (Phi) is 3.71. The van der Waals surface area contributed by atoms with Crippen molar-refractivity contribution >= 4 is 5.84 Å². The van der Waals surface area contributed by atoms with Gasteiger partial charge in [-0.05, 0) is 5.56 Å². The number of amidine groups is 1. The van der Waals surface area contributed by atoms with Crippen molar-refractivity contribution in [3.8, 4) is 12.3 Å². The Labute approximate surface area is 83.4 Å². The predicted molar refractivity (Wildman–Crippen MR) is 55.9 cm³/mol. The Bertz CT molecular complexity index is 366. The Morgan fingerprint density at radius 1 is 1.50 bits per heavy atom. The fourth-order valence-corrected chi connectivity index (χ4v) is 1.13. The van der Waals surface area contributed by atoms with Gasteiger partial charge < -0.3 is 10.5 Å². The van der Waals surface area contributed by atoms with Gasteiger partial charge in [-0.3, -0.25) is 5.41 Å². The van der Waals surface area contributed by atoms with Crippen LogP contribution >= 0.6 is 0 Å². The summed E-state index contributed by atoms with van der Waals surface area (Å²) in [6, 6.07) is 7.37. The number of nitrogens with two attached hydrogens (primary N) is 1. The predicted octanol–water partition coefficient (Wildman–Crippen LogP) is 1.12. The van der Waals surface area contributed by atoms with Crippen LogP contribution < -0.4 is 5.73 Å². The highest BCUT2D eigenvalue weighted by molar-refractivity contribution is 5.96. The first-order valence-electron chi connectivity index (χ1n) is 4.19. The zero-order valence-electron chi connectivity index (χ0n) is 7.79. The van der Waals surface area contributed by atoms with Gasteiger partial charge in [0.2, 0.25) is 0 Å². The lowest BCUT2D eigenvalue weighted by Crippen LogP contribution is -2.14. The van der Waals surface area contributed by atoms with Crippen LogP contribution in [-0.2, 0) is 11.3 Å². The Hall–Kier alpha value is -1.79. The number of nitrogens with one attached hydrogen (secondary N) is 1. The maximum atomic E-state index is 7.34. The van der Waals surface area contributed by atoms with E-state index in [0.717, 1.165) is 5.56 Å². The fraction of sp³-hybridized carbons (Fsp3) is 0.182. The number of nitrogen functional groups attached to an aromatic ring is 1. The molecule has 0 spiro atoms. The lowest BCUT2D eigenvalue weighted by atomic mass is 10.1. The first-order valence-corrected chi connectivity index (χ1v) is 4.19. The van der Waals surface area contributed by atoms with Crippen molar-refractivity contribution in [1.29, 1.82) is 5.41 Å². The van der Waals surface area contributed by atoms with Gasteiger partial charge in [0.25, 0.3) is 0 Å². The molecule has 0 bridgehead atoms. The SMILES string of the molecule is C#CCOCc1ccccc1C(=N)N. The first-order chi connectivity index (χ1) is 6.75. The average Bonchev–Trinajstić information content (AvgIpc) is 2.19. The van der Waals surface area contributed by atoms with E-state index in [1.165, 1.54) is 0 Å². The highest BCUT2D eigenvalue weighted by Gasteiger charge is 2.03. The number of hydrogen-bond donors (Lipinski definition) is 2. The van der Waals surface area contributed by atoms with Crippen LogP contribution in [0.2, 0.25) is 0 Å². The van der Waals surface area contributed by atoms with E-state index in [2.05, 4.69) is 5.92 Å². The molecule has 0 heterocycles. The van der Waals surface area contributed by atoms with Crippen molar-refractivity contribution in [1.82, 2.24) is 0 Å². The monoisotopic (exact) mass is 188 g/mol. The Morgan fingerprint density at radius 3 is 2.86 bits per heavy atom. The summed E-state index contributed by atoms with van der Waals surface area (Å²) in [6.07, 6.45) is 5.05. The zero-order chi connectivity index (χ0) is 10.4. The van der Waals surface area contributed by atoms with Crippen LogP contribution in [0.4, 0.5) is 0 Å². The molecule has 0 radical (unpaired) electrons. The van der Waals surface area contributed by atoms with Crippen LogP contribution in [0.3, 0.4) is 0 Å². The summed E-state index contributed by atoms with van der Waals surface area (Å²) in [5.41, 5.74) is 6.99. The highest BCUT2D eigenvalue weighted by Crippen LogP contribution is 2.08. The molecule has 0 fully saturated rings. The lowest BCUT2D eigenvalue weighted by molar-refractivity contribution is 0.153. The Morgan fingerprint density at radius 2 is 2.21 bits per heavy atom. The minimum Gasteiger partial charge on any atom is -0.384 e. The quantitative estimate of drug-likeness (QED) is 0.322. The van der Waals surface area contributed by atoms with Gasteiger partial charge in [-0.15, -0.1) is 6.42 Å². The summed E-state index contributed by atoms with van der Waals surface area (Å²) >= 11 is 0. The standard InChI is InChI=1S/C11H12N2O/c1-2-7-14-8-9-5-3-4-6-10(9)11(12)13/h1,3-6H,7-8H2,(H3,12,13). The van der Waals surface area contributed by atoms with Gasteiger partial charge in [-0.25, -0.2) is 0 Å². The van der Waals surface area contributed by atoms with Crippen LogP contribution in [0.5, 0.6) is 0 Å². The molecule has 1 rings (SSSR count). The molecular formula is C11H12N2O. The van der Waals surface area contributed by atoms with Crippen LogP contribution in [0.25, 0.3) is 0 Å². The van der Waals surface area contributed by atoms with Gasteiger partial charge in [-0.2, -0.15) is 0 Å². The minimum absolute atomic E-state index is 0.0462. The zero-order valence-corrected chi connectivity index (χ0v) is 7.79. The number of hydrogen-bond acceptors (Lipinski definition) is 2. The molecule has 1 aromatic rings. The minimum atomic E-state index is 0.0462. The third-order valence-electron chi connectivity index (χ3n) is 1.75. The third-order valence-corrected chi connectivity index (χ3v) is 1.75. The summed E-state index contributed by atoms with van der Waals surface area (Å²) in [4.78, 5) is 0. The second-order valence-electron chi connectivity index (χ2n) is 2.77. The molecule has 0 amide bonds. The summed E-state index contributed by atoms with van der Waals surface area (Å²) in [5.74, 6) is 2.43. The normalized spacial score (nSPS) is 9.36. The van der Waals surface area contributed by atoms with Crippen molar-refractivity contribution in [2.75, 3.05) is 6.61 Å². The van der Waals surface area contributed by atoms with E-state index < -0.39 is 0 Å². The molecule has 0 aliphatic heterocycles. The van der Waals surface area contributed by atoms with Gasteiger partial charge in [-0.1, -0.05) is 30.2 Å². The molecule has 0 aliphatic rings. The van der Waals surface area contributed by atoms with Crippen LogP contribution in [0, 0.1) is 17.8 Å². The van der Waals surface area contributed by atoms with Gasteiger partial charge >= 0.3 is 0 Å². The van der Waals surface area contributed by atoms with E-state index in [1.54, 1.807) is 6.07 Å².